The molecule has 6 heteroatoms. The molecule has 2 aromatic rings. The van der Waals surface area contributed by atoms with Crippen molar-refractivity contribution in [2.45, 2.75) is 26.9 Å². The zero-order chi connectivity index (χ0) is 15.2. The van der Waals surface area contributed by atoms with Crippen LogP contribution in [0.25, 0.3) is 0 Å². The smallest absolute Gasteiger partial charge is 0.191 e. The van der Waals surface area contributed by atoms with Gasteiger partial charge in [0.05, 0.1) is 6.54 Å². The maximum atomic E-state index is 13.2. The van der Waals surface area contributed by atoms with E-state index in [0.717, 1.165) is 18.1 Å². The number of nitrogens with one attached hydrogen (secondary N) is 2. The number of hydrogen-bond acceptors (Lipinski definition) is 2. The maximum absolute atomic E-state index is 13.2. The molecule has 0 aliphatic rings. The molecule has 0 amide bonds. The Balaban J connectivity index is 0.00000242. The molecular formula is C16H21FIN3S. The van der Waals surface area contributed by atoms with Crippen molar-refractivity contribution in [3.8, 4) is 0 Å². The molecule has 0 radical (unpaired) electrons. The quantitative estimate of drug-likeness (QED) is 0.435. The molecule has 3 nitrogen and oxygen atoms in total. The van der Waals surface area contributed by atoms with Gasteiger partial charge in [0.25, 0.3) is 0 Å². The van der Waals surface area contributed by atoms with E-state index in [1.54, 1.807) is 31.4 Å². The highest BCUT2D eigenvalue weighted by Gasteiger charge is 2.02. The number of guanidine groups is 1. The van der Waals surface area contributed by atoms with E-state index in [2.05, 4.69) is 34.7 Å². The largest absolute Gasteiger partial charge is 0.352 e. The first-order valence-electron chi connectivity index (χ1n) is 6.83. The van der Waals surface area contributed by atoms with E-state index in [1.807, 2.05) is 6.07 Å². The van der Waals surface area contributed by atoms with Gasteiger partial charge in [0.2, 0.25) is 0 Å². The standard InChI is InChI=1S/C16H20FN3S.HI/c1-11-8-13(5-7-15(11)17)9-19-16(18-3)20-10-14-6-4-12(2)21-14;/h4-8H,9-10H2,1-3H3,(H2,18,19,20);1H. The fraction of sp³-hybridized carbons (Fsp3) is 0.312. The van der Waals surface area contributed by atoms with Crippen LogP contribution in [0.5, 0.6) is 0 Å². The Morgan fingerprint density at radius 2 is 1.86 bits per heavy atom. The highest BCUT2D eigenvalue weighted by Crippen LogP contribution is 2.14. The van der Waals surface area contributed by atoms with Crippen LogP contribution in [0.4, 0.5) is 4.39 Å². The van der Waals surface area contributed by atoms with Gasteiger partial charge in [-0.2, -0.15) is 0 Å². The Labute approximate surface area is 152 Å². The van der Waals surface area contributed by atoms with E-state index in [1.165, 1.54) is 15.8 Å². The van der Waals surface area contributed by atoms with Crippen LogP contribution in [-0.4, -0.2) is 13.0 Å². The lowest BCUT2D eigenvalue weighted by molar-refractivity contribution is 0.617. The minimum atomic E-state index is -0.172. The second kappa shape index (κ2) is 9.09. The number of hydrogen-bond donors (Lipinski definition) is 2. The van der Waals surface area contributed by atoms with Gasteiger partial charge in [-0.25, -0.2) is 4.39 Å². The summed E-state index contributed by atoms with van der Waals surface area (Å²) in [5.74, 6) is 0.567. The molecule has 0 saturated carbocycles. The van der Waals surface area contributed by atoms with Gasteiger partial charge in [0, 0.05) is 23.3 Å². The van der Waals surface area contributed by atoms with Crippen LogP contribution in [0.2, 0.25) is 0 Å². The van der Waals surface area contributed by atoms with Crippen LogP contribution in [-0.2, 0) is 13.1 Å². The highest BCUT2D eigenvalue weighted by molar-refractivity contribution is 14.0. The Hall–Kier alpha value is -1.15. The Kier molecular flexibility index (Phi) is 7.81. The summed E-state index contributed by atoms with van der Waals surface area (Å²) in [7, 11) is 1.74. The van der Waals surface area contributed by atoms with Gasteiger partial charge < -0.3 is 10.6 Å². The van der Waals surface area contributed by atoms with Crippen molar-refractivity contribution in [1.82, 2.24) is 10.6 Å². The lowest BCUT2D eigenvalue weighted by Gasteiger charge is -2.11. The monoisotopic (exact) mass is 433 g/mol. The minimum absolute atomic E-state index is 0. The molecule has 1 aromatic carbocycles. The number of halogens is 2. The molecule has 2 rings (SSSR count). The van der Waals surface area contributed by atoms with E-state index in [4.69, 9.17) is 0 Å². The molecule has 22 heavy (non-hydrogen) atoms. The molecule has 0 saturated heterocycles. The van der Waals surface area contributed by atoms with Crippen LogP contribution >= 0.6 is 35.3 Å². The fourth-order valence-corrected chi connectivity index (χ4v) is 2.80. The third-order valence-corrected chi connectivity index (χ3v) is 4.13. The average molecular weight is 433 g/mol. The SMILES string of the molecule is CN=C(NCc1ccc(F)c(C)c1)NCc1ccc(C)s1.I. The van der Waals surface area contributed by atoms with Crippen molar-refractivity contribution < 1.29 is 4.39 Å². The van der Waals surface area contributed by atoms with Gasteiger partial charge in [-0.1, -0.05) is 12.1 Å². The van der Waals surface area contributed by atoms with Crippen molar-refractivity contribution in [2.75, 3.05) is 7.05 Å². The summed E-state index contributed by atoms with van der Waals surface area (Å²) >= 11 is 1.77. The van der Waals surface area contributed by atoms with Crippen LogP contribution in [0.15, 0.2) is 35.3 Å². The number of benzene rings is 1. The van der Waals surface area contributed by atoms with Crippen molar-refractivity contribution >= 4 is 41.3 Å². The van der Waals surface area contributed by atoms with Crippen molar-refractivity contribution in [2.24, 2.45) is 4.99 Å². The van der Waals surface area contributed by atoms with Crippen LogP contribution < -0.4 is 10.6 Å². The van der Waals surface area contributed by atoms with Crippen molar-refractivity contribution in [3.05, 3.63) is 57.0 Å². The molecule has 0 unspecified atom stereocenters. The first-order valence-corrected chi connectivity index (χ1v) is 7.65. The second-order valence-corrected chi connectivity index (χ2v) is 6.25. The number of nitrogens with zero attached hydrogens (tertiary/aromatic N) is 1. The Bertz CT molecular complexity index is 640. The summed E-state index contributed by atoms with van der Waals surface area (Å²) in [6.45, 7) is 5.23. The zero-order valence-electron chi connectivity index (χ0n) is 12.9. The molecule has 1 aromatic heterocycles. The fourth-order valence-electron chi connectivity index (χ4n) is 1.97. The molecule has 120 valence electrons. The Morgan fingerprint density at radius 1 is 1.14 bits per heavy atom. The molecule has 0 aliphatic carbocycles. The summed E-state index contributed by atoms with van der Waals surface area (Å²) in [5, 5.41) is 6.50. The van der Waals surface area contributed by atoms with Gasteiger partial charge in [0.1, 0.15) is 5.82 Å². The third kappa shape index (κ3) is 5.57. The normalized spacial score (nSPS) is 11.0. The van der Waals surface area contributed by atoms with E-state index in [9.17, 15) is 4.39 Å². The summed E-state index contributed by atoms with van der Waals surface area (Å²) in [5.41, 5.74) is 1.69. The molecule has 0 fully saturated rings. The minimum Gasteiger partial charge on any atom is -0.352 e. The first-order chi connectivity index (χ1) is 10.1. The van der Waals surface area contributed by atoms with Crippen molar-refractivity contribution in [1.29, 1.82) is 0 Å². The van der Waals surface area contributed by atoms with Gasteiger partial charge in [-0.05, 0) is 43.2 Å². The molecule has 1 heterocycles. The molecular weight excluding hydrogens is 412 g/mol. The molecule has 0 aliphatic heterocycles. The van der Waals surface area contributed by atoms with E-state index >= 15 is 0 Å². The van der Waals surface area contributed by atoms with Crippen LogP contribution in [0.3, 0.4) is 0 Å². The zero-order valence-corrected chi connectivity index (χ0v) is 16.1. The summed E-state index contributed by atoms with van der Waals surface area (Å²) in [4.78, 5) is 6.76. The summed E-state index contributed by atoms with van der Waals surface area (Å²) in [6.07, 6.45) is 0. The van der Waals surface area contributed by atoms with Gasteiger partial charge in [0.15, 0.2) is 5.96 Å². The first kappa shape index (κ1) is 18.9. The van der Waals surface area contributed by atoms with Crippen LogP contribution in [0.1, 0.15) is 20.9 Å². The lowest BCUT2D eigenvalue weighted by Crippen LogP contribution is -2.36. The van der Waals surface area contributed by atoms with Crippen LogP contribution in [0, 0.1) is 19.7 Å². The van der Waals surface area contributed by atoms with Gasteiger partial charge in [-0.15, -0.1) is 35.3 Å². The topological polar surface area (TPSA) is 36.4 Å². The third-order valence-electron chi connectivity index (χ3n) is 3.13. The number of aryl methyl sites for hydroxylation is 2. The predicted octanol–water partition coefficient (Wildman–Crippen LogP) is 3.99. The van der Waals surface area contributed by atoms with E-state index in [0.29, 0.717) is 12.1 Å². The van der Waals surface area contributed by atoms with Gasteiger partial charge >= 0.3 is 0 Å². The maximum Gasteiger partial charge on any atom is 0.191 e. The molecule has 2 N–H and O–H groups in total. The number of aliphatic imine (C=N–C) groups is 1. The number of rotatable bonds is 4. The number of thiophene rings is 1. The predicted molar refractivity (Wildman–Crippen MR) is 103 cm³/mol. The van der Waals surface area contributed by atoms with E-state index < -0.39 is 0 Å². The summed E-state index contributed by atoms with van der Waals surface area (Å²) in [6, 6.07) is 9.35. The van der Waals surface area contributed by atoms with E-state index in [-0.39, 0.29) is 29.8 Å². The van der Waals surface area contributed by atoms with Gasteiger partial charge in [-0.3, -0.25) is 4.99 Å². The Morgan fingerprint density at radius 3 is 2.45 bits per heavy atom. The lowest BCUT2D eigenvalue weighted by atomic mass is 10.1. The summed E-state index contributed by atoms with van der Waals surface area (Å²) < 4.78 is 13.2. The highest BCUT2D eigenvalue weighted by atomic mass is 127. The average Bonchev–Trinajstić information content (AvgIpc) is 2.88. The van der Waals surface area contributed by atoms with Crippen molar-refractivity contribution in [3.63, 3.8) is 0 Å². The molecule has 0 spiro atoms. The second-order valence-electron chi connectivity index (χ2n) is 4.88. The molecule has 0 bridgehead atoms. The molecule has 0 atom stereocenters.